The summed E-state index contributed by atoms with van der Waals surface area (Å²) in [7, 11) is 0. The summed E-state index contributed by atoms with van der Waals surface area (Å²) in [6.45, 7) is 4.82. The Bertz CT molecular complexity index is 1350. The van der Waals surface area contributed by atoms with E-state index in [0.717, 1.165) is 0 Å². The highest BCUT2D eigenvalue weighted by Gasteiger charge is 2.36. The Morgan fingerprint density at radius 3 is 1.26 bits per heavy atom. The van der Waals surface area contributed by atoms with Crippen molar-refractivity contribution in [3.63, 3.8) is 0 Å². The maximum atomic E-state index is 2.47. The van der Waals surface area contributed by atoms with Crippen LogP contribution in [0.1, 0.15) is 72.9 Å². The Morgan fingerprint density at radius 2 is 0.800 bits per heavy atom. The quantitative estimate of drug-likeness (QED) is 0.283. The van der Waals surface area contributed by atoms with Crippen molar-refractivity contribution in [1.82, 2.24) is 0 Å². The van der Waals surface area contributed by atoms with Crippen LogP contribution in [0.4, 0.5) is 0 Å². The van der Waals surface area contributed by atoms with Gasteiger partial charge in [-0.15, -0.1) is 0 Å². The number of benzene rings is 4. The van der Waals surface area contributed by atoms with E-state index in [1.54, 1.807) is 22.3 Å². The number of hydrogen-bond acceptors (Lipinski definition) is 0. The zero-order chi connectivity index (χ0) is 23.6. The Labute approximate surface area is 210 Å². The standard InChI is InChI=1S/C35H34/c1-35(2)33-21-29(27-13-11-23-7-3-5-9-25(23)19-27)15-17-31(33)32-18-16-30(22-34(32)35)28-14-12-24-8-4-6-10-26(24)20-28/h11-22H,3-10H2,1-2H3. The van der Waals surface area contributed by atoms with E-state index in [2.05, 4.69) is 86.6 Å². The highest BCUT2D eigenvalue weighted by atomic mass is 14.4. The van der Waals surface area contributed by atoms with E-state index in [9.17, 15) is 0 Å². The van der Waals surface area contributed by atoms with Crippen LogP contribution in [0, 0.1) is 0 Å². The van der Waals surface area contributed by atoms with Crippen LogP contribution in [-0.4, -0.2) is 0 Å². The number of hydrogen-bond donors (Lipinski definition) is 0. The Balaban J connectivity index is 1.28. The molecule has 0 aliphatic heterocycles. The first-order valence-corrected chi connectivity index (χ1v) is 13.6. The second-order valence-corrected chi connectivity index (χ2v) is 11.5. The Hall–Kier alpha value is -3.12. The summed E-state index contributed by atoms with van der Waals surface area (Å²) in [5, 5.41) is 0. The zero-order valence-electron chi connectivity index (χ0n) is 21.1. The van der Waals surface area contributed by atoms with E-state index in [-0.39, 0.29) is 5.41 Å². The molecule has 0 N–H and O–H groups in total. The van der Waals surface area contributed by atoms with E-state index in [1.807, 2.05) is 0 Å². The first kappa shape index (κ1) is 21.2. The highest BCUT2D eigenvalue weighted by Crippen LogP contribution is 2.50. The summed E-state index contributed by atoms with van der Waals surface area (Å²) >= 11 is 0. The van der Waals surface area contributed by atoms with Gasteiger partial charge in [-0.25, -0.2) is 0 Å². The Kier molecular flexibility index (Phi) is 4.81. The second kappa shape index (κ2) is 7.95. The van der Waals surface area contributed by atoms with Crippen molar-refractivity contribution in [2.75, 3.05) is 0 Å². The van der Waals surface area contributed by atoms with E-state index in [1.165, 1.54) is 95.9 Å². The number of fused-ring (bicyclic) bond motifs is 5. The number of aryl methyl sites for hydroxylation is 4. The molecule has 4 aromatic rings. The lowest BCUT2D eigenvalue weighted by molar-refractivity contribution is 0.661. The van der Waals surface area contributed by atoms with Crippen LogP contribution in [0.3, 0.4) is 0 Å². The largest absolute Gasteiger partial charge is 0.0582 e. The van der Waals surface area contributed by atoms with Crippen molar-refractivity contribution in [2.45, 2.75) is 70.6 Å². The molecule has 0 atom stereocenters. The molecule has 0 unspecified atom stereocenters. The molecule has 35 heavy (non-hydrogen) atoms. The second-order valence-electron chi connectivity index (χ2n) is 11.5. The fourth-order valence-electron chi connectivity index (χ4n) is 6.92. The molecule has 0 amide bonds. The van der Waals surface area contributed by atoms with Crippen LogP contribution in [0.25, 0.3) is 33.4 Å². The molecule has 3 aliphatic carbocycles. The molecule has 0 radical (unpaired) electrons. The topological polar surface area (TPSA) is 0 Å². The lowest BCUT2D eigenvalue weighted by atomic mass is 9.80. The van der Waals surface area contributed by atoms with Crippen molar-refractivity contribution in [3.05, 3.63) is 106 Å². The van der Waals surface area contributed by atoms with Crippen LogP contribution in [-0.2, 0) is 31.1 Å². The summed E-state index contributed by atoms with van der Waals surface area (Å²) in [6, 6.07) is 28.7. The summed E-state index contributed by atoms with van der Waals surface area (Å²) in [5.74, 6) is 0. The van der Waals surface area contributed by atoms with Crippen LogP contribution in [0.15, 0.2) is 72.8 Å². The van der Waals surface area contributed by atoms with Crippen molar-refractivity contribution in [3.8, 4) is 33.4 Å². The van der Waals surface area contributed by atoms with E-state index in [4.69, 9.17) is 0 Å². The van der Waals surface area contributed by atoms with Gasteiger partial charge in [0.05, 0.1) is 0 Å². The smallest absolute Gasteiger partial charge is 0.0159 e. The summed E-state index contributed by atoms with van der Waals surface area (Å²) < 4.78 is 0. The third kappa shape index (κ3) is 3.41. The summed E-state index contributed by atoms with van der Waals surface area (Å²) in [4.78, 5) is 0. The van der Waals surface area contributed by atoms with E-state index < -0.39 is 0 Å². The minimum Gasteiger partial charge on any atom is -0.0582 e. The van der Waals surface area contributed by atoms with Crippen LogP contribution in [0.2, 0.25) is 0 Å². The Morgan fingerprint density at radius 1 is 0.429 bits per heavy atom. The normalized spacial score (nSPS) is 17.3. The van der Waals surface area contributed by atoms with Crippen LogP contribution >= 0.6 is 0 Å². The average Bonchev–Trinajstić information content (AvgIpc) is 3.13. The molecule has 0 fully saturated rings. The molecule has 0 saturated carbocycles. The molecule has 0 heteroatoms. The number of rotatable bonds is 2. The monoisotopic (exact) mass is 454 g/mol. The zero-order valence-corrected chi connectivity index (χ0v) is 21.1. The molecule has 0 bridgehead atoms. The van der Waals surface area contributed by atoms with Gasteiger partial charge in [0.25, 0.3) is 0 Å². The van der Waals surface area contributed by atoms with Crippen LogP contribution in [0.5, 0.6) is 0 Å². The van der Waals surface area contributed by atoms with Gasteiger partial charge in [0.2, 0.25) is 0 Å². The molecule has 0 heterocycles. The van der Waals surface area contributed by atoms with Gasteiger partial charge in [-0.3, -0.25) is 0 Å². The predicted molar refractivity (Wildman–Crippen MR) is 148 cm³/mol. The van der Waals surface area contributed by atoms with E-state index in [0.29, 0.717) is 0 Å². The van der Waals surface area contributed by atoms with Crippen molar-refractivity contribution in [1.29, 1.82) is 0 Å². The third-order valence-electron chi connectivity index (χ3n) is 9.04. The minimum atomic E-state index is -0.000891. The predicted octanol–water partition coefficient (Wildman–Crippen LogP) is 9.08. The van der Waals surface area contributed by atoms with Gasteiger partial charge in [-0.1, -0.05) is 74.5 Å². The van der Waals surface area contributed by atoms with Gasteiger partial charge in [0, 0.05) is 5.41 Å². The molecule has 174 valence electrons. The van der Waals surface area contributed by atoms with Gasteiger partial charge >= 0.3 is 0 Å². The van der Waals surface area contributed by atoms with Crippen molar-refractivity contribution < 1.29 is 0 Å². The van der Waals surface area contributed by atoms with Crippen molar-refractivity contribution >= 4 is 0 Å². The summed E-state index contributed by atoms with van der Waals surface area (Å²) in [5.41, 5.74) is 17.4. The molecule has 0 nitrogen and oxygen atoms in total. The molecule has 0 aromatic heterocycles. The molecule has 3 aliphatic rings. The van der Waals surface area contributed by atoms with Gasteiger partial charge in [0.1, 0.15) is 0 Å². The molecule has 0 saturated heterocycles. The minimum absolute atomic E-state index is 0.000891. The lowest BCUT2D eigenvalue weighted by Gasteiger charge is -2.23. The van der Waals surface area contributed by atoms with Gasteiger partial charge in [-0.05, 0) is 130 Å². The molecule has 0 spiro atoms. The maximum Gasteiger partial charge on any atom is 0.0159 e. The lowest BCUT2D eigenvalue weighted by Crippen LogP contribution is -2.15. The fraction of sp³-hybridized carbons (Fsp3) is 0.314. The first-order valence-electron chi connectivity index (χ1n) is 13.6. The summed E-state index contributed by atoms with van der Waals surface area (Å²) in [6.07, 6.45) is 10.3. The maximum absolute atomic E-state index is 2.47. The van der Waals surface area contributed by atoms with Gasteiger partial charge in [0.15, 0.2) is 0 Å². The highest BCUT2D eigenvalue weighted by molar-refractivity contribution is 5.86. The molecule has 7 rings (SSSR count). The molecule has 4 aromatic carbocycles. The van der Waals surface area contributed by atoms with Gasteiger partial charge in [-0.2, -0.15) is 0 Å². The first-order chi connectivity index (χ1) is 17.1. The van der Waals surface area contributed by atoms with Crippen molar-refractivity contribution in [2.24, 2.45) is 0 Å². The third-order valence-corrected chi connectivity index (χ3v) is 9.04. The average molecular weight is 455 g/mol. The fourth-order valence-corrected chi connectivity index (χ4v) is 6.92. The van der Waals surface area contributed by atoms with Gasteiger partial charge < -0.3 is 0 Å². The van der Waals surface area contributed by atoms with E-state index >= 15 is 0 Å². The molecular weight excluding hydrogens is 420 g/mol. The molecular formula is C35H34. The SMILES string of the molecule is CC1(C)c2cc(-c3ccc4c(c3)CCCC4)ccc2-c2ccc(-c3ccc4c(c3)CCCC4)cc21. The van der Waals surface area contributed by atoms with Crippen LogP contribution < -0.4 is 0 Å².